The smallest absolute Gasteiger partial charge is 0.126 e. The molecule has 0 aliphatic carbocycles. The van der Waals surface area contributed by atoms with Crippen LogP contribution in [0.3, 0.4) is 0 Å². The van der Waals surface area contributed by atoms with Crippen molar-refractivity contribution in [3.63, 3.8) is 0 Å². The van der Waals surface area contributed by atoms with Crippen LogP contribution in [-0.4, -0.2) is 42.7 Å². The van der Waals surface area contributed by atoms with Crippen LogP contribution in [0.5, 0.6) is 34.5 Å². The van der Waals surface area contributed by atoms with Crippen LogP contribution in [0, 0.1) is 0 Å². The van der Waals surface area contributed by atoms with E-state index >= 15 is 0 Å². The van der Waals surface area contributed by atoms with E-state index in [1.165, 1.54) is 0 Å². The molecule has 6 rings (SSSR count). The summed E-state index contributed by atoms with van der Waals surface area (Å²) in [5, 5.41) is 0. The standard InChI is InChI=1S/C42H39NO6/c1-44-34-19-22-40(47-4)37(25-34)28-7-13-31(14-8-28)43(32-15-9-29(10-16-32)38-26-35(45-2)20-23-41(38)48-5)33-17-11-30(12-18-33)39-27-36(46-3)21-24-42(39)49-6/h7-27H,1-6H3. The van der Waals surface area contributed by atoms with Gasteiger partial charge in [0.25, 0.3) is 0 Å². The number of nitrogens with zero attached hydrogens (tertiary/aromatic N) is 1. The van der Waals surface area contributed by atoms with Crippen molar-refractivity contribution in [2.45, 2.75) is 0 Å². The highest BCUT2D eigenvalue weighted by molar-refractivity contribution is 5.83. The van der Waals surface area contributed by atoms with Crippen molar-refractivity contribution in [1.29, 1.82) is 0 Å². The Morgan fingerprint density at radius 1 is 0.306 bits per heavy atom. The largest absolute Gasteiger partial charge is 0.497 e. The lowest BCUT2D eigenvalue weighted by Gasteiger charge is -2.26. The van der Waals surface area contributed by atoms with E-state index in [0.717, 1.165) is 84.9 Å². The third kappa shape index (κ3) is 6.83. The second-order valence-corrected chi connectivity index (χ2v) is 11.2. The molecule has 49 heavy (non-hydrogen) atoms. The van der Waals surface area contributed by atoms with Gasteiger partial charge < -0.3 is 33.3 Å². The minimum absolute atomic E-state index is 0.766. The van der Waals surface area contributed by atoms with E-state index in [1.807, 2.05) is 54.6 Å². The van der Waals surface area contributed by atoms with Crippen molar-refractivity contribution in [2.75, 3.05) is 47.6 Å². The molecule has 0 aliphatic heterocycles. The summed E-state index contributed by atoms with van der Waals surface area (Å²) in [7, 11) is 10.0. The molecule has 0 saturated heterocycles. The van der Waals surface area contributed by atoms with Crippen molar-refractivity contribution < 1.29 is 28.4 Å². The molecule has 7 heteroatoms. The molecule has 0 bridgehead atoms. The molecule has 0 aromatic heterocycles. The molecule has 6 aromatic rings. The van der Waals surface area contributed by atoms with Crippen LogP contribution >= 0.6 is 0 Å². The van der Waals surface area contributed by atoms with E-state index in [9.17, 15) is 0 Å². The number of hydrogen-bond acceptors (Lipinski definition) is 7. The van der Waals surface area contributed by atoms with Gasteiger partial charge >= 0.3 is 0 Å². The third-order valence-corrected chi connectivity index (χ3v) is 8.53. The fraction of sp³-hybridized carbons (Fsp3) is 0.143. The van der Waals surface area contributed by atoms with E-state index < -0.39 is 0 Å². The van der Waals surface area contributed by atoms with Gasteiger partial charge in [-0.25, -0.2) is 0 Å². The summed E-state index contributed by atoms with van der Waals surface area (Å²) in [5.41, 5.74) is 8.87. The number of methoxy groups -OCH3 is 6. The first-order chi connectivity index (χ1) is 24.0. The highest BCUT2D eigenvalue weighted by atomic mass is 16.5. The fourth-order valence-electron chi connectivity index (χ4n) is 5.94. The van der Waals surface area contributed by atoms with Crippen molar-refractivity contribution in [3.05, 3.63) is 127 Å². The van der Waals surface area contributed by atoms with Crippen LogP contribution in [-0.2, 0) is 0 Å². The highest BCUT2D eigenvalue weighted by Gasteiger charge is 2.17. The van der Waals surface area contributed by atoms with Crippen LogP contribution < -0.4 is 33.3 Å². The van der Waals surface area contributed by atoms with Gasteiger partial charge in [0, 0.05) is 33.8 Å². The van der Waals surface area contributed by atoms with Gasteiger partial charge in [0.2, 0.25) is 0 Å². The molecule has 0 heterocycles. The molecule has 7 nitrogen and oxygen atoms in total. The zero-order chi connectivity index (χ0) is 34.3. The second-order valence-electron chi connectivity index (χ2n) is 11.2. The SMILES string of the molecule is COc1ccc(OC)c(-c2ccc(N(c3ccc(-c4cc(OC)ccc4OC)cc3)c3ccc(-c4cc(OC)ccc4OC)cc3)cc2)c1. The Balaban J connectivity index is 1.42. The zero-order valence-electron chi connectivity index (χ0n) is 28.5. The van der Waals surface area contributed by atoms with Crippen LogP contribution in [0.4, 0.5) is 17.1 Å². The molecule has 0 radical (unpaired) electrons. The van der Waals surface area contributed by atoms with E-state index in [2.05, 4.69) is 77.7 Å². The molecular formula is C42H39NO6. The van der Waals surface area contributed by atoms with E-state index in [4.69, 9.17) is 28.4 Å². The second kappa shape index (κ2) is 14.8. The summed E-state index contributed by atoms with van der Waals surface area (Å²) in [5.74, 6) is 4.62. The molecule has 248 valence electrons. The molecule has 0 spiro atoms. The predicted molar refractivity (Wildman–Crippen MR) is 197 cm³/mol. The van der Waals surface area contributed by atoms with Crippen molar-refractivity contribution in [3.8, 4) is 67.9 Å². The van der Waals surface area contributed by atoms with Crippen molar-refractivity contribution >= 4 is 17.1 Å². The molecule has 0 saturated carbocycles. The fourth-order valence-corrected chi connectivity index (χ4v) is 5.94. The van der Waals surface area contributed by atoms with Gasteiger partial charge in [-0.1, -0.05) is 36.4 Å². The lowest BCUT2D eigenvalue weighted by Crippen LogP contribution is -2.10. The first-order valence-electron chi connectivity index (χ1n) is 15.8. The summed E-state index contributed by atoms with van der Waals surface area (Å²) < 4.78 is 33.5. The van der Waals surface area contributed by atoms with Gasteiger partial charge in [0.05, 0.1) is 42.7 Å². The topological polar surface area (TPSA) is 58.6 Å². The van der Waals surface area contributed by atoms with Crippen molar-refractivity contribution in [2.24, 2.45) is 0 Å². The maximum Gasteiger partial charge on any atom is 0.126 e. The normalized spacial score (nSPS) is 10.7. The molecule has 6 aromatic carbocycles. The summed E-state index contributed by atoms with van der Waals surface area (Å²) in [6.45, 7) is 0. The molecular weight excluding hydrogens is 614 g/mol. The first kappa shape index (κ1) is 32.8. The van der Waals surface area contributed by atoms with E-state index in [0.29, 0.717) is 0 Å². The number of ether oxygens (including phenoxy) is 6. The lowest BCUT2D eigenvalue weighted by atomic mass is 10.0. The Kier molecular flexibility index (Phi) is 9.91. The molecule has 0 atom stereocenters. The summed E-state index contributed by atoms with van der Waals surface area (Å²) in [6, 6.07) is 42.7. The Labute approximate surface area is 287 Å². The maximum absolute atomic E-state index is 5.67. The van der Waals surface area contributed by atoms with E-state index in [-0.39, 0.29) is 0 Å². The van der Waals surface area contributed by atoms with Gasteiger partial charge in [-0.2, -0.15) is 0 Å². The molecule has 0 unspecified atom stereocenters. The van der Waals surface area contributed by atoms with Gasteiger partial charge in [0.15, 0.2) is 0 Å². The zero-order valence-corrected chi connectivity index (χ0v) is 28.5. The maximum atomic E-state index is 5.67. The Bertz CT molecular complexity index is 1790. The van der Waals surface area contributed by atoms with Crippen LogP contribution in [0.2, 0.25) is 0 Å². The molecule has 0 aliphatic rings. The Hall–Kier alpha value is -6.08. The monoisotopic (exact) mass is 653 g/mol. The predicted octanol–water partition coefficient (Wildman–Crippen LogP) is 10.2. The lowest BCUT2D eigenvalue weighted by molar-refractivity contribution is 0.404. The summed E-state index contributed by atoms with van der Waals surface area (Å²) >= 11 is 0. The van der Waals surface area contributed by atoms with Gasteiger partial charge in [-0.05, 0) is 108 Å². The molecule has 0 fully saturated rings. The number of benzene rings is 6. The van der Waals surface area contributed by atoms with E-state index in [1.54, 1.807) is 42.7 Å². The number of rotatable bonds is 12. The third-order valence-electron chi connectivity index (χ3n) is 8.53. The molecule has 0 N–H and O–H groups in total. The number of anilines is 3. The van der Waals surface area contributed by atoms with Gasteiger partial charge in [0.1, 0.15) is 34.5 Å². The highest BCUT2D eigenvalue weighted by Crippen LogP contribution is 2.41. The Morgan fingerprint density at radius 3 is 0.796 bits per heavy atom. The summed E-state index contributed by atoms with van der Waals surface area (Å²) in [4.78, 5) is 2.23. The van der Waals surface area contributed by atoms with Crippen LogP contribution in [0.1, 0.15) is 0 Å². The average molecular weight is 654 g/mol. The minimum Gasteiger partial charge on any atom is -0.497 e. The summed E-state index contributed by atoms with van der Waals surface area (Å²) in [6.07, 6.45) is 0. The first-order valence-corrected chi connectivity index (χ1v) is 15.8. The van der Waals surface area contributed by atoms with Crippen molar-refractivity contribution in [1.82, 2.24) is 0 Å². The number of hydrogen-bond donors (Lipinski definition) is 0. The minimum atomic E-state index is 0.766. The van der Waals surface area contributed by atoms with Gasteiger partial charge in [-0.3, -0.25) is 0 Å². The van der Waals surface area contributed by atoms with Crippen LogP contribution in [0.25, 0.3) is 33.4 Å². The quantitative estimate of drug-likeness (QED) is 0.130. The Morgan fingerprint density at radius 2 is 0.571 bits per heavy atom. The molecule has 0 amide bonds. The average Bonchev–Trinajstić information content (AvgIpc) is 3.18. The van der Waals surface area contributed by atoms with Crippen LogP contribution in [0.15, 0.2) is 127 Å². The van der Waals surface area contributed by atoms with Gasteiger partial charge in [-0.15, -0.1) is 0 Å².